The minimum absolute atomic E-state index is 0.0124. The molecule has 0 spiro atoms. The summed E-state index contributed by atoms with van der Waals surface area (Å²) in [6, 6.07) is 8.81. The van der Waals surface area contributed by atoms with E-state index in [1.54, 1.807) is 24.8 Å². The van der Waals surface area contributed by atoms with Crippen molar-refractivity contribution in [3.8, 4) is 11.1 Å². The summed E-state index contributed by atoms with van der Waals surface area (Å²) >= 11 is 5.81. The second-order valence-corrected chi connectivity index (χ2v) is 11.8. The second-order valence-electron chi connectivity index (χ2n) is 11.4. The van der Waals surface area contributed by atoms with Gasteiger partial charge in [0, 0.05) is 36.8 Å². The average Bonchev–Trinajstić information content (AvgIpc) is 3.29. The second kappa shape index (κ2) is 11.4. The van der Waals surface area contributed by atoms with Gasteiger partial charge in [-0.2, -0.15) is 13.2 Å². The van der Waals surface area contributed by atoms with Crippen LogP contribution in [0.2, 0.25) is 5.02 Å². The molecule has 3 aromatic heterocycles. The molecule has 0 bridgehead atoms. The van der Waals surface area contributed by atoms with Gasteiger partial charge in [0.25, 0.3) is 5.91 Å². The van der Waals surface area contributed by atoms with Gasteiger partial charge in [-0.25, -0.2) is 19.2 Å². The van der Waals surface area contributed by atoms with Crippen LogP contribution < -0.4 is 4.90 Å². The third-order valence-electron chi connectivity index (χ3n) is 7.77. The number of pyridine rings is 2. The van der Waals surface area contributed by atoms with Crippen LogP contribution in [0.15, 0.2) is 42.6 Å². The first-order valence-corrected chi connectivity index (χ1v) is 14.1. The summed E-state index contributed by atoms with van der Waals surface area (Å²) in [6.45, 7) is 7.10. The predicted octanol–water partition coefficient (Wildman–Crippen LogP) is 6.60. The smallest absolute Gasteiger partial charge is 0.406 e. The van der Waals surface area contributed by atoms with E-state index in [1.165, 1.54) is 37.6 Å². The van der Waals surface area contributed by atoms with Crippen LogP contribution in [0.1, 0.15) is 46.0 Å². The largest absolute Gasteiger partial charge is 0.465 e. The molecule has 44 heavy (non-hydrogen) atoms. The van der Waals surface area contributed by atoms with Crippen molar-refractivity contribution in [1.82, 2.24) is 19.4 Å². The van der Waals surface area contributed by atoms with Crippen LogP contribution >= 0.6 is 11.6 Å². The van der Waals surface area contributed by atoms with Crippen molar-refractivity contribution in [2.24, 2.45) is 0 Å². The summed E-state index contributed by atoms with van der Waals surface area (Å²) in [7, 11) is 1.31. The number of esters is 1. The number of ether oxygens (including phenoxy) is 1. The van der Waals surface area contributed by atoms with Gasteiger partial charge >= 0.3 is 12.1 Å². The Kier molecular flexibility index (Phi) is 8.08. The standard InChI is InChI=1S/C31H30ClF4N5O3/c1-17-12-25(37-18(2)26(17)29(43)44-5)39-10-11-41(30(3,4)15-39)28(42)24-9-7-20-21(19-6-8-22(32)23(33)13-19)14-40(27(20)38-24)16-31(34,35)36/h6-9,12-14H,10-11,15-16H2,1-5H3. The number of halogens is 5. The lowest BCUT2D eigenvalue weighted by Gasteiger charge is -2.47. The van der Waals surface area contributed by atoms with Gasteiger partial charge in [-0.15, -0.1) is 0 Å². The van der Waals surface area contributed by atoms with Crippen molar-refractivity contribution in [3.05, 3.63) is 75.9 Å². The molecule has 4 heterocycles. The maximum absolute atomic E-state index is 14.2. The van der Waals surface area contributed by atoms with E-state index in [4.69, 9.17) is 16.3 Å². The van der Waals surface area contributed by atoms with E-state index in [2.05, 4.69) is 9.97 Å². The van der Waals surface area contributed by atoms with Crippen molar-refractivity contribution in [1.29, 1.82) is 0 Å². The maximum Gasteiger partial charge on any atom is 0.406 e. The summed E-state index contributed by atoms with van der Waals surface area (Å²) in [5.41, 5.74) is 1.55. The number of hydrogen-bond donors (Lipinski definition) is 0. The van der Waals surface area contributed by atoms with Gasteiger partial charge in [0.15, 0.2) is 0 Å². The first kappa shape index (κ1) is 31.2. The normalized spacial score (nSPS) is 15.1. The van der Waals surface area contributed by atoms with Crippen molar-refractivity contribution in [2.75, 3.05) is 31.6 Å². The molecule has 0 N–H and O–H groups in total. The predicted molar refractivity (Wildman–Crippen MR) is 159 cm³/mol. The van der Waals surface area contributed by atoms with Crippen LogP contribution in [-0.2, 0) is 11.3 Å². The molecule has 4 aromatic rings. The van der Waals surface area contributed by atoms with Crippen LogP contribution in [0, 0.1) is 19.7 Å². The Labute approximate surface area is 256 Å². The molecular weight excluding hydrogens is 602 g/mol. The van der Waals surface area contributed by atoms with Gasteiger partial charge < -0.3 is 19.1 Å². The lowest BCUT2D eigenvalue weighted by Crippen LogP contribution is -2.61. The number of fused-ring (bicyclic) bond motifs is 1. The van der Waals surface area contributed by atoms with Crippen LogP contribution in [0.5, 0.6) is 0 Å². The fourth-order valence-corrected chi connectivity index (χ4v) is 5.86. The number of methoxy groups -OCH3 is 1. The van der Waals surface area contributed by atoms with Crippen LogP contribution in [0.4, 0.5) is 23.4 Å². The van der Waals surface area contributed by atoms with Crippen molar-refractivity contribution < 1.29 is 31.9 Å². The summed E-state index contributed by atoms with van der Waals surface area (Å²) in [4.78, 5) is 38.7. The Balaban J connectivity index is 1.46. The first-order valence-electron chi connectivity index (χ1n) is 13.7. The Hall–Kier alpha value is -4.19. The van der Waals surface area contributed by atoms with Gasteiger partial charge in [-0.05, 0) is 69.2 Å². The van der Waals surface area contributed by atoms with Crippen molar-refractivity contribution in [3.63, 3.8) is 0 Å². The highest BCUT2D eigenvalue weighted by Crippen LogP contribution is 2.34. The van der Waals surface area contributed by atoms with Gasteiger partial charge in [-0.3, -0.25) is 4.79 Å². The van der Waals surface area contributed by atoms with Gasteiger partial charge in [0.1, 0.15) is 29.5 Å². The lowest BCUT2D eigenvalue weighted by molar-refractivity contribution is -0.139. The Morgan fingerprint density at radius 2 is 1.80 bits per heavy atom. The van der Waals surface area contributed by atoms with E-state index in [-0.39, 0.29) is 16.4 Å². The minimum atomic E-state index is -4.56. The Morgan fingerprint density at radius 1 is 1.07 bits per heavy atom. The zero-order chi connectivity index (χ0) is 32.1. The molecular formula is C31H30ClF4N5O3. The number of nitrogens with zero attached hydrogens (tertiary/aromatic N) is 5. The highest BCUT2D eigenvalue weighted by Gasteiger charge is 2.39. The Morgan fingerprint density at radius 3 is 2.41 bits per heavy atom. The summed E-state index contributed by atoms with van der Waals surface area (Å²) in [6.07, 6.45) is -3.30. The van der Waals surface area contributed by atoms with Crippen LogP contribution in [-0.4, -0.2) is 69.8 Å². The summed E-state index contributed by atoms with van der Waals surface area (Å²) in [5, 5.41) is 0.226. The van der Waals surface area contributed by atoms with E-state index in [9.17, 15) is 27.2 Å². The number of amides is 1. The number of aryl methyl sites for hydroxylation is 2. The average molecular weight is 632 g/mol. The van der Waals surface area contributed by atoms with Crippen molar-refractivity contribution >= 4 is 40.3 Å². The van der Waals surface area contributed by atoms with Crippen LogP contribution in [0.25, 0.3) is 22.2 Å². The number of hydrogen-bond acceptors (Lipinski definition) is 6. The summed E-state index contributed by atoms with van der Waals surface area (Å²) in [5.74, 6) is -0.949. The van der Waals surface area contributed by atoms with E-state index < -0.39 is 36.0 Å². The molecule has 1 aliphatic rings. The lowest BCUT2D eigenvalue weighted by atomic mass is 9.97. The summed E-state index contributed by atoms with van der Waals surface area (Å²) < 4.78 is 60.6. The van der Waals surface area contributed by atoms with Crippen molar-refractivity contribution in [2.45, 2.75) is 46.0 Å². The monoisotopic (exact) mass is 631 g/mol. The van der Waals surface area contributed by atoms with Gasteiger partial charge in [-0.1, -0.05) is 17.7 Å². The number of carbonyl (C=O) groups is 2. The molecule has 0 atom stereocenters. The first-order chi connectivity index (χ1) is 20.6. The molecule has 1 amide bonds. The number of benzene rings is 1. The molecule has 0 saturated carbocycles. The molecule has 13 heteroatoms. The molecule has 1 aromatic carbocycles. The SMILES string of the molecule is COC(=O)c1c(C)cc(N2CCN(C(=O)c3ccc4c(-c5ccc(Cl)c(F)c5)cn(CC(F)(F)F)c4n3)C(C)(C)C2)nc1C. The zero-order valence-electron chi connectivity index (χ0n) is 24.7. The molecule has 5 rings (SSSR count). The number of anilines is 1. The molecule has 1 saturated heterocycles. The fourth-order valence-electron chi connectivity index (χ4n) is 5.74. The maximum atomic E-state index is 14.2. The van der Waals surface area contributed by atoms with Crippen LogP contribution in [0.3, 0.4) is 0 Å². The number of alkyl halides is 3. The fraction of sp³-hybridized carbons (Fsp3) is 0.355. The molecule has 1 fully saturated rings. The van der Waals surface area contributed by atoms with Gasteiger partial charge in [0.05, 0.1) is 28.9 Å². The van der Waals surface area contributed by atoms with E-state index >= 15 is 0 Å². The van der Waals surface area contributed by atoms with E-state index in [1.807, 2.05) is 18.7 Å². The highest BCUT2D eigenvalue weighted by atomic mass is 35.5. The molecule has 232 valence electrons. The third kappa shape index (κ3) is 5.95. The van der Waals surface area contributed by atoms with E-state index in [0.717, 1.165) is 16.2 Å². The molecule has 8 nitrogen and oxygen atoms in total. The minimum Gasteiger partial charge on any atom is -0.465 e. The zero-order valence-corrected chi connectivity index (χ0v) is 25.5. The molecule has 0 aliphatic carbocycles. The van der Waals surface area contributed by atoms with E-state index in [0.29, 0.717) is 53.2 Å². The number of rotatable bonds is 5. The number of aromatic nitrogens is 3. The quantitative estimate of drug-likeness (QED) is 0.182. The highest BCUT2D eigenvalue weighted by molar-refractivity contribution is 6.30. The molecule has 1 aliphatic heterocycles. The number of piperazine rings is 1. The Bertz CT molecular complexity index is 1760. The topological polar surface area (TPSA) is 80.6 Å². The van der Waals surface area contributed by atoms with Gasteiger partial charge in [0.2, 0.25) is 0 Å². The third-order valence-corrected chi connectivity index (χ3v) is 8.07. The molecule has 0 radical (unpaired) electrons. The molecule has 0 unspecified atom stereocenters. The number of carbonyl (C=O) groups excluding carboxylic acids is 2.